The number of nitrogen functional groups attached to an aromatic ring is 1. The van der Waals surface area contributed by atoms with E-state index in [4.69, 9.17) is 23.9 Å². The Hall–Kier alpha value is -3.04. The summed E-state index contributed by atoms with van der Waals surface area (Å²) in [5, 5.41) is 4.46. The van der Waals surface area contributed by atoms with Gasteiger partial charge in [-0.25, -0.2) is 4.85 Å². The molecule has 3 N–H and O–H groups in total. The van der Waals surface area contributed by atoms with Crippen LogP contribution in [0.4, 0.5) is 11.4 Å². The third-order valence-electron chi connectivity index (χ3n) is 5.67. The van der Waals surface area contributed by atoms with Crippen LogP contribution in [0.5, 0.6) is 0 Å². The summed E-state index contributed by atoms with van der Waals surface area (Å²) < 4.78 is 2.26. The first-order valence-electron chi connectivity index (χ1n) is 9.58. The van der Waals surface area contributed by atoms with Crippen LogP contribution in [0.25, 0.3) is 26.9 Å². The van der Waals surface area contributed by atoms with Gasteiger partial charge in [0.25, 0.3) is 0 Å². The van der Waals surface area contributed by atoms with Gasteiger partial charge in [0.15, 0.2) is 5.69 Å². The number of hydrogen-bond acceptors (Lipinski definition) is 3. The fourth-order valence-corrected chi connectivity index (χ4v) is 4.50. The normalized spacial score (nSPS) is 18.7. The SMILES string of the molecule is [C-]#[N+]c1cc2c(-c3cncc(N)c3Cl)cn([C@@H]3CC[C@@H](NC(C)=O)C3)c2cc1C. The maximum absolute atomic E-state index is 11.4. The molecule has 1 aliphatic carbocycles. The molecule has 1 amide bonds. The molecular weight excluding hydrogens is 386 g/mol. The number of hydrogen-bond donors (Lipinski definition) is 2. The molecule has 0 radical (unpaired) electrons. The third kappa shape index (κ3) is 3.43. The molecule has 0 unspecified atom stereocenters. The van der Waals surface area contributed by atoms with Crippen molar-refractivity contribution in [2.45, 2.75) is 45.2 Å². The number of pyridine rings is 1. The van der Waals surface area contributed by atoms with Gasteiger partial charge >= 0.3 is 0 Å². The topological polar surface area (TPSA) is 77.3 Å². The van der Waals surface area contributed by atoms with Crippen molar-refractivity contribution < 1.29 is 4.79 Å². The lowest BCUT2D eigenvalue weighted by Crippen LogP contribution is -2.30. The van der Waals surface area contributed by atoms with Crippen LogP contribution in [-0.4, -0.2) is 21.5 Å². The molecule has 6 nitrogen and oxygen atoms in total. The number of rotatable bonds is 3. The van der Waals surface area contributed by atoms with E-state index in [1.165, 1.54) is 6.20 Å². The molecule has 2 heterocycles. The zero-order valence-electron chi connectivity index (χ0n) is 16.4. The quantitative estimate of drug-likeness (QED) is 0.598. The molecule has 29 heavy (non-hydrogen) atoms. The van der Waals surface area contributed by atoms with Gasteiger partial charge in [0.05, 0.1) is 23.5 Å². The largest absolute Gasteiger partial charge is 0.396 e. The number of carbonyl (C=O) groups excluding carboxylic acids is 1. The average Bonchev–Trinajstić information content (AvgIpc) is 3.27. The summed E-state index contributed by atoms with van der Waals surface area (Å²) in [5.74, 6) is 0.00358. The second-order valence-corrected chi connectivity index (χ2v) is 8.05. The van der Waals surface area contributed by atoms with E-state index in [0.717, 1.165) is 46.9 Å². The number of amides is 1. The molecule has 7 heteroatoms. The van der Waals surface area contributed by atoms with Crippen LogP contribution in [0.2, 0.25) is 5.02 Å². The van der Waals surface area contributed by atoms with Crippen molar-refractivity contribution in [3.8, 4) is 11.1 Å². The Labute approximate surface area is 174 Å². The van der Waals surface area contributed by atoms with Gasteiger partial charge in [0.2, 0.25) is 5.91 Å². The maximum atomic E-state index is 11.4. The van der Waals surface area contributed by atoms with E-state index in [1.807, 2.05) is 13.0 Å². The van der Waals surface area contributed by atoms with Crippen LogP contribution in [0.1, 0.15) is 37.8 Å². The van der Waals surface area contributed by atoms with E-state index in [2.05, 4.69) is 32.0 Å². The van der Waals surface area contributed by atoms with Crippen molar-refractivity contribution in [3.63, 3.8) is 0 Å². The summed E-state index contributed by atoms with van der Waals surface area (Å²) in [7, 11) is 0. The number of nitrogens with one attached hydrogen (secondary N) is 1. The molecule has 1 aromatic carbocycles. The molecule has 0 spiro atoms. The minimum Gasteiger partial charge on any atom is -0.396 e. The summed E-state index contributed by atoms with van der Waals surface area (Å²) in [6.45, 7) is 11.0. The van der Waals surface area contributed by atoms with E-state index in [-0.39, 0.29) is 18.0 Å². The van der Waals surface area contributed by atoms with E-state index in [0.29, 0.717) is 16.4 Å². The number of anilines is 1. The lowest BCUT2D eigenvalue weighted by atomic mass is 10.0. The van der Waals surface area contributed by atoms with Gasteiger partial charge in [-0.1, -0.05) is 11.6 Å². The molecule has 1 fully saturated rings. The Bertz CT molecular complexity index is 1160. The van der Waals surface area contributed by atoms with Gasteiger partial charge in [-0.2, -0.15) is 0 Å². The van der Waals surface area contributed by atoms with Gasteiger partial charge in [0.1, 0.15) is 0 Å². The van der Waals surface area contributed by atoms with Crippen LogP contribution in [0, 0.1) is 13.5 Å². The number of halogens is 1. The number of benzene rings is 1. The van der Waals surface area contributed by atoms with Crippen molar-refractivity contribution >= 4 is 39.8 Å². The molecule has 0 bridgehead atoms. The van der Waals surface area contributed by atoms with Gasteiger partial charge in [-0.3, -0.25) is 9.78 Å². The van der Waals surface area contributed by atoms with E-state index >= 15 is 0 Å². The lowest BCUT2D eigenvalue weighted by Gasteiger charge is -2.16. The highest BCUT2D eigenvalue weighted by atomic mass is 35.5. The highest BCUT2D eigenvalue weighted by molar-refractivity contribution is 6.36. The predicted octanol–water partition coefficient (Wildman–Crippen LogP) is 5.03. The molecule has 148 valence electrons. The number of aryl methyl sites for hydroxylation is 1. The molecule has 0 saturated heterocycles. The van der Waals surface area contributed by atoms with E-state index in [1.54, 1.807) is 13.1 Å². The van der Waals surface area contributed by atoms with Crippen LogP contribution in [-0.2, 0) is 4.79 Å². The summed E-state index contributed by atoms with van der Waals surface area (Å²) >= 11 is 6.50. The standard InChI is InChI=1S/C22H22ClN5O/c1-12-6-21-16(8-20(12)25-3)18(17-9-26-10-19(24)22(17)23)11-28(21)15-5-4-14(7-15)27-13(2)29/h6,8-11,14-15H,4-5,7,24H2,1-2H3,(H,27,29)/t14-,15-/m1/s1. The van der Waals surface area contributed by atoms with Crippen molar-refractivity contribution in [1.29, 1.82) is 0 Å². The highest BCUT2D eigenvalue weighted by Crippen LogP contribution is 2.42. The first-order chi connectivity index (χ1) is 13.9. The van der Waals surface area contributed by atoms with Gasteiger partial charge in [-0.15, -0.1) is 0 Å². The smallest absolute Gasteiger partial charge is 0.217 e. The van der Waals surface area contributed by atoms with Crippen molar-refractivity contribution in [1.82, 2.24) is 14.9 Å². The number of nitrogens with zero attached hydrogens (tertiary/aromatic N) is 3. The van der Waals surface area contributed by atoms with Crippen molar-refractivity contribution in [2.75, 3.05) is 5.73 Å². The summed E-state index contributed by atoms with van der Waals surface area (Å²) in [6.07, 6.45) is 8.12. The van der Waals surface area contributed by atoms with Crippen LogP contribution >= 0.6 is 11.6 Å². The van der Waals surface area contributed by atoms with Crippen LogP contribution in [0.3, 0.4) is 0 Å². The van der Waals surface area contributed by atoms with Crippen LogP contribution in [0.15, 0.2) is 30.7 Å². The molecular formula is C22H22ClN5O. The molecule has 1 aliphatic rings. The first kappa shape index (κ1) is 19.3. The Balaban J connectivity index is 1.88. The van der Waals surface area contributed by atoms with Crippen LogP contribution < -0.4 is 11.1 Å². The van der Waals surface area contributed by atoms with Crippen molar-refractivity contribution in [2.24, 2.45) is 0 Å². The molecule has 3 aromatic rings. The van der Waals surface area contributed by atoms with Crippen molar-refractivity contribution in [3.05, 3.63) is 52.7 Å². The second kappa shape index (κ2) is 7.41. The van der Waals surface area contributed by atoms with E-state index < -0.39 is 0 Å². The maximum Gasteiger partial charge on any atom is 0.217 e. The monoisotopic (exact) mass is 407 g/mol. The van der Waals surface area contributed by atoms with Gasteiger partial charge in [-0.05, 0) is 49.3 Å². The number of nitrogens with two attached hydrogens (primary N) is 1. The number of fused-ring (bicyclic) bond motifs is 1. The fraction of sp³-hybridized carbons (Fsp3) is 0.318. The lowest BCUT2D eigenvalue weighted by molar-refractivity contribution is -0.119. The minimum atomic E-state index is 0.00358. The molecule has 4 rings (SSSR count). The average molecular weight is 408 g/mol. The fourth-order valence-electron chi connectivity index (χ4n) is 4.30. The van der Waals surface area contributed by atoms with E-state index in [9.17, 15) is 4.79 Å². The molecule has 0 aliphatic heterocycles. The molecule has 1 saturated carbocycles. The number of carbonyl (C=O) groups is 1. The Morgan fingerprint density at radius 2 is 2.14 bits per heavy atom. The first-order valence-corrected chi connectivity index (χ1v) is 9.96. The number of aromatic nitrogens is 2. The summed E-state index contributed by atoms with van der Waals surface area (Å²) in [6, 6.07) is 4.42. The Morgan fingerprint density at radius 3 is 2.86 bits per heavy atom. The zero-order chi connectivity index (χ0) is 20.7. The zero-order valence-corrected chi connectivity index (χ0v) is 17.1. The van der Waals surface area contributed by atoms with Gasteiger partial charge in [0, 0.05) is 48.0 Å². The highest BCUT2D eigenvalue weighted by Gasteiger charge is 2.28. The minimum absolute atomic E-state index is 0.00358. The predicted molar refractivity (Wildman–Crippen MR) is 116 cm³/mol. The summed E-state index contributed by atoms with van der Waals surface area (Å²) in [5.41, 5.74) is 10.7. The Morgan fingerprint density at radius 1 is 1.34 bits per heavy atom. The molecule has 2 atom stereocenters. The van der Waals surface area contributed by atoms with Gasteiger partial charge < -0.3 is 15.6 Å². The second-order valence-electron chi connectivity index (χ2n) is 7.67. The molecule has 2 aromatic heterocycles. The Kier molecular flexibility index (Phi) is 4.93. The summed E-state index contributed by atoms with van der Waals surface area (Å²) in [4.78, 5) is 19.3. The third-order valence-corrected chi connectivity index (χ3v) is 6.10.